The van der Waals surface area contributed by atoms with E-state index in [1.807, 2.05) is 0 Å². The molecule has 0 unspecified atom stereocenters. The Morgan fingerprint density at radius 3 is 2.67 bits per heavy atom. The first-order chi connectivity index (χ1) is 8.50. The van der Waals surface area contributed by atoms with Crippen molar-refractivity contribution in [3.8, 4) is 0 Å². The molecule has 1 aliphatic rings. The zero-order valence-electron chi connectivity index (χ0n) is 10.6. The van der Waals surface area contributed by atoms with E-state index in [1.54, 1.807) is 0 Å². The van der Waals surface area contributed by atoms with Crippen LogP contribution in [0.4, 0.5) is 0 Å². The number of amides is 2. The van der Waals surface area contributed by atoms with Crippen LogP contribution in [0.5, 0.6) is 0 Å². The molecule has 2 N–H and O–H groups in total. The number of carboxylic acids is 1. The van der Waals surface area contributed by atoms with Crippen molar-refractivity contribution in [1.82, 2.24) is 10.2 Å². The van der Waals surface area contributed by atoms with Crippen LogP contribution in [0.15, 0.2) is 0 Å². The van der Waals surface area contributed by atoms with Crippen molar-refractivity contribution in [2.75, 3.05) is 13.1 Å². The Morgan fingerprint density at radius 2 is 2.00 bits per heavy atom. The molecule has 0 aromatic carbocycles. The lowest BCUT2D eigenvalue weighted by Gasteiger charge is -2.24. The quantitative estimate of drug-likeness (QED) is 0.760. The third-order valence-corrected chi connectivity index (χ3v) is 3.00. The molecular formula is C12H20N2O4. The number of hydrogen-bond donors (Lipinski definition) is 2. The summed E-state index contributed by atoms with van der Waals surface area (Å²) in [6, 6.07) is -0.928. The van der Waals surface area contributed by atoms with Crippen molar-refractivity contribution in [2.45, 2.75) is 45.1 Å². The van der Waals surface area contributed by atoms with E-state index in [1.165, 1.54) is 11.8 Å². The summed E-state index contributed by atoms with van der Waals surface area (Å²) in [5, 5.41) is 11.0. The molecule has 0 radical (unpaired) electrons. The minimum atomic E-state index is -1.08. The molecule has 1 rings (SSSR count). The standard InChI is InChI=1S/C12H20N2O4/c1-9(12(17)18)13-10(15)8-14-7-5-3-2-4-6-11(14)16/h9H,2-8H2,1H3,(H,13,15)(H,17,18)/t9-/m0/s1. The molecule has 102 valence electrons. The van der Waals surface area contributed by atoms with Crippen LogP contribution in [0.2, 0.25) is 0 Å². The molecule has 1 fully saturated rings. The van der Waals surface area contributed by atoms with E-state index in [2.05, 4.69) is 5.32 Å². The fourth-order valence-corrected chi connectivity index (χ4v) is 1.90. The summed E-state index contributed by atoms with van der Waals surface area (Å²) in [4.78, 5) is 35.5. The Balaban J connectivity index is 2.45. The van der Waals surface area contributed by atoms with Crippen LogP contribution < -0.4 is 5.32 Å². The molecule has 1 aliphatic heterocycles. The van der Waals surface area contributed by atoms with E-state index >= 15 is 0 Å². The van der Waals surface area contributed by atoms with Crippen LogP contribution in [0, 0.1) is 0 Å². The number of rotatable bonds is 4. The highest BCUT2D eigenvalue weighted by molar-refractivity contribution is 5.87. The zero-order chi connectivity index (χ0) is 13.5. The molecule has 0 spiro atoms. The molecule has 0 aliphatic carbocycles. The molecule has 0 bridgehead atoms. The van der Waals surface area contributed by atoms with Crippen molar-refractivity contribution < 1.29 is 19.5 Å². The van der Waals surface area contributed by atoms with Gasteiger partial charge in [-0.25, -0.2) is 0 Å². The van der Waals surface area contributed by atoms with Gasteiger partial charge in [0.15, 0.2) is 0 Å². The highest BCUT2D eigenvalue weighted by atomic mass is 16.4. The van der Waals surface area contributed by atoms with Crippen molar-refractivity contribution in [1.29, 1.82) is 0 Å². The van der Waals surface area contributed by atoms with Gasteiger partial charge in [-0.1, -0.05) is 12.8 Å². The van der Waals surface area contributed by atoms with Crippen molar-refractivity contribution in [3.63, 3.8) is 0 Å². The maximum atomic E-state index is 11.8. The average molecular weight is 256 g/mol. The van der Waals surface area contributed by atoms with Crippen molar-refractivity contribution in [2.24, 2.45) is 0 Å². The number of carboxylic acid groups (broad SMARTS) is 1. The van der Waals surface area contributed by atoms with Crippen LogP contribution in [-0.2, 0) is 14.4 Å². The maximum absolute atomic E-state index is 11.8. The second-order valence-corrected chi connectivity index (χ2v) is 4.61. The zero-order valence-corrected chi connectivity index (χ0v) is 10.6. The third kappa shape index (κ3) is 4.73. The predicted octanol–water partition coefficient (Wildman–Crippen LogP) is 0.368. The van der Waals surface area contributed by atoms with Crippen LogP contribution in [0.3, 0.4) is 0 Å². The van der Waals surface area contributed by atoms with Gasteiger partial charge in [0.05, 0.1) is 6.54 Å². The fourth-order valence-electron chi connectivity index (χ4n) is 1.90. The highest BCUT2D eigenvalue weighted by Gasteiger charge is 2.20. The lowest BCUT2D eigenvalue weighted by Crippen LogP contribution is -2.46. The van der Waals surface area contributed by atoms with Gasteiger partial charge in [-0.15, -0.1) is 0 Å². The Hall–Kier alpha value is -1.59. The van der Waals surface area contributed by atoms with E-state index in [4.69, 9.17) is 5.11 Å². The minimum Gasteiger partial charge on any atom is -0.480 e. The molecule has 6 nitrogen and oxygen atoms in total. The topological polar surface area (TPSA) is 86.7 Å². The van der Waals surface area contributed by atoms with Gasteiger partial charge in [-0.2, -0.15) is 0 Å². The van der Waals surface area contributed by atoms with Gasteiger partial charge >= 0.3 is 5.97 Å². The van der Waals surface area contributed by atoms with Crippen LogP contribution in [0.25, 0.3) is 0 Å². The number of likely N-dealkylation sites (tertiary alicyclic amines) is 1. The summed E-state index contributed by atoms with van der Waals surface area (Å²) in [7, 11) is 0. The number of nitrogens with one attached hydrogen (secondary N) is 1. The Morgan fingerprint density at radius 1 is 1.33 bits per heavy atom. The number of carbonyl (C=O) groups is 3. The summed E-state index contributed by atoms with van der Waals surface area (Å²) in [6.45, 7) is 1.93. The second kappa shape index (κ2) is 6.98. The number of hydrogen-bond acceptors (Lipinski definition) is 3. The minimum absolute atomic E-state index is 0.0205. The van der Waals surface area contributed by atoms with Gasteiger partial charge < -0.3 is 15.3 Å². The van der Waals surface area contributed by atoms with Gasteiger partial charge in [-0.05, 0) is 19.8 Å². The average Bonchev–Trinajstić information content (AvgIpc) is 2.28. The molecule has 1 saturated heterocycles. The molecule has 1 heterocycles. The molecule has 0 saturated carbocycles. The molecular weight excluding hydrogens is 236 g/mol. The van der Waals surface area contributed by atoms with Crippen LogP contribution in [0.1, 0.15) is 39.0 Å². The van der Waals surface area contributed by atoms with Crippen molar-refractivity contribution >= 4 is 17.8 Å². The smallest absolute Gasteiger partial charge is 0.325 e. The monoisotopic (exact) mass is 256 g/mol. The molecule has 2 amide bonds. The van der Waals surface area contributed by atoms with Gasteiger partial charge in [0.2, 0.25) is 11.8 Å². The SMILES string of the molecule is C[C@H](NC(=O)CN1CCCCCCC1=O)C(=O)O. The summed E-state index contributed by atoms with van der Waals surface area (Å²) in [5.74, 6) is -1.52. The lowest BCUT2D eigenvalue weighted by atomic mass is 10.1. The molecule has 6 heteroatoms. The maximum Gasteiger partial charge on any atom is 0.325 e. The van der Waals surface area contributed by atoms with E-state index < -0.39 is 17.9 Å². The highest BCUT2D eigenvalue weighted by Crippen LogP contribution is 2.11. The fraction of sp³-hybridized carbons (Fsp3) is 0.750. The first-order valence-corrected chi connectivity index (χ1v) is 6.30. The Kier molecular flexibility index (Phi) is 5.61. The number of carbonyl (C=O) groups excluding carboxylic acids is 2. The lowest BCUT2D eigenvalue weighted by molar-refractivity contribution is -0.142. The number of nitrogens with zero attached hydrogens (tertiary/aromatic N) is 1. The molecule has 0 aromatic heterocycles. The predicted molar refractivity (Wildman–Crippen MR) is 64.9 cm³/mol. The van der Waals surface area contributed by atoms with Crippen molar-refractivity contribution in [3.05, 3.63) is 0 Å². The largest absolute Gasteiger partial charge is 0.480 e. The molecule has 18 heavy (non-hydrogen) atoms. The molecule has 1 atom stereocenters. The van der Waals surface area contributed by atoms with E-state index in [0.29, 0.717) is 13.0 Å². The number of aliphatic carboxylic acids is 1. The summed E-state index contributed by atoms with van der Waals surface area (Å²) in [5.41, 5.74) is 0. The summed E-state index contributed by atoms with van der Waals surface area (Å²) < 4.78 is 0. The summed E-state index contributed by atoms with van der Waals surface area (Å²) in [6.07, 6.45) is 4.36. The van der Waals surface area contributed by atoms with E-state index in [0.717, 1.165) is 25.7 Å². The molecule has 0 aromatic rings. The van der Waals surface area contributed by atoms with Gasteiger partial charge in [0.25, 0.3) is 0 Å². The first kappa shape index (κ1) is 14.5. The Bertz CT molecular complexity index is 330. The van der Waals surface area contributed by atoms with Crippen LogP contribution in [-0.4, -0.2) is 46.9 Å². The van der Waals surface area contributed by atoms with E-state index in [9.17, 15) is 14.4 Å². The first-order valence-electron chi connectivity index (χ1n) is 6.30. The third-order valence-electron chi connectivity index (χ3n) is 3.00. The summed E-state index contributed by atoms with van der Waals surface area (Å²) >= 11 is 0. The van der Waals surface area contributed by atoms with Gasteiger partial charge in [-0.3, -0.25) is 14.4 Å². The van der Waals surface area contributed by atoms with Gasteiger partial charge in [0.1, 0.15) is 6.04 Å². The Labute approximate surface area is 106 Å². The van der Waals surface area contributed by atoms with Crippen LogP contribution >= 0.6 is 0 Å². The van der Waals surface area contributed by atoms with Gasteiger partial charge in [0, 0.05) is 13.0 Å². The second-order valence-electron chi connectivity index (χ2n) is 4.61. The normalized spacial score (nSPS) is 18.7. The van der Waals surface area contributed by atoms with E-state index in [-0.39, 0.29) is 12.5 Å².